The number of piperazine rings is 1. The Labute approximate surface area is 131 Å². The highest BCUT2D eigenvalue weighted by molar-refractivity contribution is 5.79. The van der Waals surface area contributed by atoms with E-state index < -0.39 is 0 Å². The van der Waals surface area contributed by atoms with Crippen molar-refractivity contribution in [3.8, 4) is 5.75 Å². The van der Waals surface area contributed by atoms with Crippen molar-refractivity contribution >= 4 is 5.91 Å². The molecule has 3 rings (SSSR count). The van der Waals surface area contributed by atoms with Crippen LogP contribution in [0.25, 0.3) is 0 Å². The third kappa shape index (κ3) is 3.99. The summed E-state index contributed by atoms with van der Waals surface area (Å²) in [6.07, 6.45) is 1.53. The average Bonchev–Trinajstić information content (AvgIpc) is 3.01. The Morgan fingerprint density at radius 2 is 2.09 bits per heavy atom. The summed E-state index contributed by atoms with van der Waals surface area (Å²) in [4.78, 5) is 16.7. The van der Waals surface area contributed by atoms with Gasteiger partial charge in [0.1, 0.15) is 5.75 Å². The lowest BCUT2D eigenvalue weighted by Crippen LogP contribution is -2.50. The van der Waals surface area contributed by atoms with E-state index in [1.807, 2.05) is 11.0 Å². The third-order valence-corrected chi connectivity index (χ3v) is 4.53. The number of phenolic OH excluding ortho intramolecular Hbond substituents is 1. The second-order valence-corrected chi connectivity index (χ2v) is 6.26. The summed E-state index contributed by atoms with van der Waals surface area (Å²) in [6.45, 7) is 6.36. The summed E-state index contributed by atoms with van der Waals surface area (Å²) >= 11 is 0. The third-order valence-electron chi connectivity index (χ3n) is 4.53. The van der Waals surface area contributed by atoms with Gasteiger partial charge in [-0.15, -0.1) is 0 Å². The highest BCUT2D eigenvalue weighted by Gasteiger charge is 2.24. The molecule has 0 radical (unpaired) electrons. The summed E-state index contributed by atoms with van der Waals surface area (Å²) in [5.41, 5.74) is 0.871. The van der Waals surface area contributed by atoms with E-state index in [-0.39, 0.29) is 11.7 Å². The van der Waals surface area contributed by atoms with Crippen molar-refractivity contribution in [1.29, 1.82) is 0 Å². The molecular formula is C17H24N2O3. The molecule has 1 N–H and O–H groups in total. The summed E-state index contributed by atoms with van der Waals surface area (Å²) in [5.74, 6) is 1.03. The van der Waals surface area contributed by atoms with E-state index in [9.17, 15) is 9.90 Å². The molecule has 1 aromatic carbocycles. The number of amides is 1. The molecule has 0 aromatic heterocycles. The van der Waals surface area contributed by atoms with Gasteiger partial charge in [0.15, 0.2) is 0 Å². The smallest absolute Gasteiger partial charge is 0.227 e. The lowest BCUT2D eigenvalue weighted by atomic mass is 10.1. The van der Waals surface area contributed by atoms with Crippen LogP contribution in [0.1, 0.15) is 12.0 Å². The van der Waals surface area contributed by atoms with Crippen LogP contribution in [0.3, 0.4) is 0 Å². The predicted molar refractivity (Wildman–Crippen MR) is 83.8 cm³/mol. The van der Waals surface area contributed by atoms with Crippen LogP contribution >= 0.6 is 0 Å². The maximum atomic E-state index is 12.3. The maximum Gasteiger partial charge on any atom is 0.227 e. The number of carbonyl (C=O) groups excluding carboxylic acids is 1. The van der Waals surface area contributed by atoms with E-state index >= 15 is 0 Å². The minimum absolute atomic E-state index is 0.148. The highest BCUT2D eigenvalue weighted by atomic mass is 16.5. The van der Waals surface area contributed by atoms with Gasteiger partial charge >= 0.3 is 0 Å². The molecule has 5 nitrogen and oxygen atoms in total. The van der Waals surface area contributed by atoms with Crippen LogP contribution < -0.4 is 0 Å². The molecule has 1 amide bonds. The van der Waals surface area contributed by atoms with E-state index in [1.54, 1.807) is 18.2 Å². The molecule has 2 saturated heterocycles. The fourth-order valence-electron chi connectivity index (χ4n) is 3.23. The molecule has 1 atom stereocenters. The number of aromatic hydroxyl groups is 1. The zero-order chi connectivity index (χ0) is 15.4. The normalized spacial score (nSPS) is 22.9. The van der Waals surface area contributed by atoms with Gasteiger partial charge in [0.2, 0.25) is 5.91 Å². The molecular weight excluding hydrogens is 280 g/mol. The number of carbonyl (C=O) groups is 1. The zero-order valence-electron chi connectivity index (χ0n) is 12.9. The van der Waals surface area contributed by atoms with Gasteiger partial charge in [-0.25, -0.2) is 0 Å². The van der Waals surface area contributed by atoms with Gasteiger partial charge in [-0.1, -0.05) is 12.1 Å². The Morgan fingerprint density at radius 1 is 1.27 bits per heavy atom. The van der Waals surface area contributed by atoms with Crippen LogP contribution in [-0.2, 0) is 16.0 Å². The zero-order valence-corrected chi connectivity index (χ0v) is 12.9. The Morgan fingerprint density at radius 3 is 2.77 bits per heavy atom. The molecule has 2 aliphatic heterocycles. The average molecular weight is 304 g/mol. The number of hydrogen-bond acceptors (Lipinski definition) is 4. The number of hydrogen-bond donors (Lipinski definition) is 1. The molecule has 120 valence electrons. The second kappa shape index (κ2) is 7.11. The first-order chi connectivity index (χ1) is 10.7. The number of benzene rings is 1. The van der Waals surface area contributed by atoms with Gasteiger partial charge in [0.25, 0.3) is 0 Å². The van der Waals surface area contributed by atoms with Crippen LogP contribution in [0.4, 0.5) is 0 Å². The first-order valence-electron chi connectivity index (χ1n) is 8.06. The maximum absolute atomic E-state index is 12.3. The monoisotopic (exact) mass is 304 g/mol. The summed E-state index contributed by atoms with van der Waals surface area (Å²) < 4.78 is 5.42. The van der Waals surface area contributed by atoms with E-state index in [0.717, 1.165) is 57.9 Å². The lowest BCUT2D eigenvalue weighted by molar-refractivity contribution is -0.132. The molecule has 0 bridgehead atoms. The van der Waals surface area contributed by atoms with Gasteiger partial charge < -0.3 is 14.7 Å². The van der Waals surface area contributed by atoms with Crippen molar-refractivity contribution in [2.75, 3.05) is 45.9 Å². The lowest BCUT2D eigenvalue weighted by Gasteiger charge is -2.35. The molecule has 22 heavy (non-hydrogen) atoms. The van der Waals surface area contributed by atoms with Crippen molar-refractivity contribution in [2.45, 2.75) is 12.8 Å². The largest absolute Gasteiger partial charge is 0.508 e. The summed E-state index contributed by atoms with van der Waals surface area (Å²) in [7, 11) is 0. The van der Waals surface area contributed by atoms with Gasteiger partial charge in [-0.2, -0.15) is 0 Å². The Hall–Kier alpha value is -1.59. The van der Waals surface area contributed by atoms with Crippen LogP contribution in [-0.4, -0.2) is 66.8 Å². The first-order valence-corrected chi connectivity index (χ1v) is 8.06. The minimum Gasteiger partial charge on any atom is -0.508 e. The van der Waals surface area contributed by atoms with Crippen LogP contribution in [0.5, 0.6) is 5.75 Å². The molecule has 2 fully saturated rings. The minimum atomic E-state index is 0.148. The number of nitrogens with zero attached hydrogens (tertiary/aromatic N) is 2. The first kappa shape index (κ1) is 15.3. The van der Waals surface area contributed by atoms with Gasteiger partial charge in [0, 0.05) is 39.3 Å². The Bertz CT molecular complexity index is 506. The van der Waals surface area contributed by atoms with Gasteiger partial charge in [-0.05, 0) is 30.0 Å². The molecule has 2 heterocycles. The number of phenols is 1. The van der Waals surface area contributed by atoms with Crippen molar-refractivity contribution in [3.63, 3.8) is 0 Å². The second-order valence-electron chi connectivity index (χ2n) is 6.26. The highest BCUT2D eigenvalue weighted by Crippen LogP contribution is 2.16. The quantitative estimate of drug-likeness (QED) is 0.905. The predicted octanol–water partition coefficient (Wildman–Crippen LogP) is 1.12. The van der Waals surface area contributed by atoms with Crippen LogP contribution in [0.15, 0.2) is 24.3 Å². The van der Waals surface area contributed by atoms with E-state index in [1.165, 1.54) is 0 Å². The molecule has 1 aromatic rings. The van der Waals surface area contributed by atoms with Crippen LogP contribution in [0.2, 0.25) is 0 Å². The van der Waals surface area contributed by atoms with Crippen molar-refractivity contribution in [1.82, 2.24) is 9.80 Å². The Kier molecular flexibility index (Phi) is 4.95. The molecule has 0 spiro atoms. The molecule has 2 aliphatic rings. The van der Waals surface area contributed by atoms with Gasteiger partial charge in [0.05, 0.1) is 13.0 Å². The van der Waals surface area contributed by atoms with E-state index in [0.29, 0.717) is 12.3 Å². The SMILES string of the molecule is O=C(Cc1cccc(O)c1)N1CCN(CC2CCOC2)CC1. The van der Waals surface area contributed by atoms with Crippen molar-refractivity contribution in [3.05, 3.63) is 29.8 Å². The fraction of sp³-hybridized carbons (Fsp3) is 0.588. The number of rotatable bonds is 4. The van der Waals surface area contributed by atoms with E-state index in [4.69, 9.17) is 4.74 Å². The van der Waals surface area contributed by atoms with Crippen LogP contribution in [0, 0.1) is 5.92 Å². The van der Waals surface area contributed by atoms with Gasteiger partial charge in [-0.3, -0.25) is 9.69 Å². The molecule has 0 aliphatic carbocycles. The fourth-order valence-corrected chi connectivity index (χ4v) is 3.23. The topological polar surface area (TPSA) is 53.0 Å². The molecule has 1 unspecified atom stereocenters. The Balaban J connectivity index is 1.45. The van der Waals surface area contributed by atoms with Crippen molar-refractivity contribution in [2.24, 2.45) is 5.92 Å². The van der Waals surface area contributed by atoms with E-state index in [2.05, 4.69) is 4.90 Å². The number of ether oxygens (including phenoxy) is 1. The summed E-state index contributed by atoms with van der Waals surface area (Å²) in [5, 5.41) is 9.46. The summed E-state index contributed by atoms with van der Waals surface area (Å²) in [6, 6.07) is 6.95. The molecule has 5 heteroatoms. The van der Waals surface area contributed by atoms with Crippen molar-refractivity contribution < 1.29 is 14.6 Å². The molecule has 0 saturated carbocycles. The standard InChI is InChI=1S/C17H24N2O3/c20-16-3-1-2-14(10-16)11-17(21)19-7-5-18(6-8-19)12-15-4-9-22-13-15/h1-3,10,15,20H,4-9,11-13H2.